The molecule has 0 spiro atoms. The van der Waals surface area contributed by atoms with E-state index in [-0.39, 0.29) is 0 Å². The van der Waals surface area contributed by atoms with Gasteiger partial charge in [0.25, 0.3) is 0 Å². The molecule has 0 amide bonds. The predicted octanol–water partition coefficient (Wildman–Crippen LogP) is 1.10. The number of fused-ring (bicyclic) bond motifs is 1. The maximum atomic E-state index is 5.52. The molecule has 1 aromatic heterocycles. The van der Waals surface area contributed by atoms with Crippen molar-refractivity contribution in [3.63, 3.8) is 0 Å². The number of nitrogen functional groups attached to an aromatic ring is 1. The Morgan fingerprint density at radius 2 is 2.18 bits per heavy atom. The molecule has 2 saturated heterocycles. The molecule has 0 radical (unpaired) electrons. The third-order valence-electron chi connectivity index (χ3n) is 3.86. The topological polar surface area (TPSA) is 67.1 Å². The third kappa shape index (κ3) is 2.34. The van der Waals surface area contributed by atoms with Crippen molar-refractivity contribution in [1.29, 1.82) is 0 Å². The normalized spacial score (nSPS) is 28.9. The Kier molecular flexibility index (Phi) is 2.84. The SMILES string of the molecule is Nc1ccc(NC2CCN3CCCC3C2)nn1. The lowest BCUT2D eigenvalue weighted by Crippen LogP contribution is -2.42. The summed E-state index contributed by atoms with van der Waals surface area (Å²) in [7, 11) is 0. The fourth-order valence-corrected chi connectivity index (χ4v) is 2.98. The molecule has 17 heavy (non-hydrogen) atoms. The molecule has 0 saturated carbocycles. The van der Waals surface area contributed by atoms with Gasteiger partial charge in [0.1, 0.15) is 11.6 Å². The number of aromatic nitrogens is 2. The van der Waals surface area contributed by atoms with E-state index in [2.05, 4.69) is 20.4 Å². The van der Waals surface area contributed by atoms with Crippen molar-refractivity contribution < 1.29 is 0 Å². The largest absolute Gasteiger partial charge is 0.382 e. The van der Waals surface area contributed by atoms with Gasteiger partial charge in [0.05, 0.1) is 0 Å². The molecular formula is C12H19N5. The summed E-state index contributed by atoms with van der Waals surface area (Å²) < 4.78 is 0. The Hall–Kier alpha value is -1.36. The summed E-state index contributed by atoms with van der Waals surface area (Å²) in [5.74, 6) is 1.32. The van der Waals surface area contributed by atoms with Gasteiger partial charge in [0.15, 0.2) is 0 Å². The van der Waals surface area contributed by atoms with Gasteiger partial charge in [-0.05, 0) is 44.4 Å². The summed E-state index contributed by atoms with van der Waals surface area (Å²) in [6.07, 6.45) is 5.14. The van der Waals surface area contributed by atoms with Gasteiger partial charge in [-0.15, -0.1) is 10.2 Å². The van der Waals surface area contributed by atoms with Crippen LogP contribution in [0.2, 0.25) is 0 Å². The molecule has 3 N–H and O–H groups in total. The molecule has 3 rings (SSSR count). The molecule has 2 fully saturated rings. The number of piperidine rings is 1. The quantitative estimate of drug-likeness (QED) is 0.800. The van der Waals surface area contributed by atoms with E-state index < -0.39 is 0 Å². The zero-order chi connectivity index (χ0) is 11.7. The number of nitrogens with zero attached hydrogens (tertiary/aromatic N) is 3. The van der Waals surface area contributed by atoms with Gasteiger partial charge in [-0.1, -0.05) is 0 Å². The average molecular weight is 233 g/mol. The molecule has 0 aromatic carbocycles. The van der Waals surface area contributed by atoms with Gasteiger partial charge >= 0.3 is 0 Å². The van der Waals surface area contributed by atoms with E-state index in [4.69, 9.17) is 5.73 Å². The standard InChI is InChI=1S/C12H19N5/c13-11-3-4-12(16-15-11)14-9-5-7-17-6-1-2-10(17)8-9/h3-4,9-10H,1-2,5-8H2,(H2,13,15)(H,14,16). The number of rotatable bonds is 2. The number of hydrogen-bond donors (Lipinski definition) is 2. The van der Waals surface area contributed by atoms with Gasteiger partial charge < -0.3 is 16.0 Å². The molecule has 92 valence electrons. The minimum Gasteiger partial charge on any atom is -0.382 e. The summed E-state index contributed by atoms with van der Waals surface area (Å²) in [6.45, 7) is 2.50. The molecule has 2 unspecified atom stereocenters. The molecule has 5 heteroatoms. The number of anilines is 2. The van der Waals surface area contributed by atoms with Crippen LogP contribution >= 0.6 is 0 Å². The van der Waals surface area contributed by atoms with E-state index in [0.717, 1.165) is 11.9 Å². The number of nitrogens with two attached hydrogens (primary N) is 1. The van der Waals surface area contributed by atoms with Crippen LogP contribution in [-0.4, -0.2) is 40.3 Å². The summed E-state index contributed by atoms with van der Waals surface area (Å²) >= 11 is 0. The van der Waals surface area contributed by atoms with Gasteiger partial charge in [-0.2, -0.15) is 0 Å². The highest BCUT2D eigenvalue weighted by Gasteiger charge is 2.31. The number of hydrogen-bond acceptors (Lipinski definition) is 5. The van der Waals surface area contributed by atoms with Crippen LogP contribution in [0.1, 0.15) is 25.7 Å². The summed E-state index contributed by atoms with van der Waals surface area (Å²) in [5, 5.41) is 11.4. The Labute approximate surface area is 101 Å². The van der Waals surface area contributed by atoms with Crippen molar-refractivity contribution in [1.82, 2.24) is 15.1 Å². The highest BCUT2D eigenvalue weighted by Crippen LogP contribution is 2.28. The molecule has 2 aliphatic heterocycles. The minimum absolute atomic E-state index is 0.473. The molecule has 2 atom stereocenters. The molecular weight excluding hydrogens is 214 g/mol. The Bertz CT molecular complexity index is 377. The van der Waals surface area contributed by atoms with Crippen LogP contribution in [0.5, 0.6) is 0 Å². The first kappa shape index (κ1) is 10.8. The van der Waals surface area contributed by atoms with E-state index >= 15 is 0 Å². The lowest BCUT2D eigenvalue weighted by molar-refractivity contribution is 0.188. The molecule has 3 heterocycles. The van der Waals surface area contributed by atoms with Crippen LogP contribution in [-0.2, 0) is 0 Å². The van der Waals surface area contributed by atoms with Crippen molar-refractivity contribution in [2.24, 2.45) is 0 Å². The fourth-order valence-electron chi connectivity index (χ4n) is 2.98. The second-order valence-corrected chi connectivity index (χ2v) is 5.04. The second-order valence-electron chi connectivity index (χ2n) is 5.04. The molecule has 5 nitrogen and oxygen atoms in total. The lowest BCUT2D eigenvalue weighted by atomic mass is 9.98. The van der Waals surface area contributed by atoms with Crippen LogP contribution in [0, 0.1) is 0 Å². The van der Waals surface area contributed by atoms with Crippen LogP contribution < -0.4 is 11.1 Å². The Morgan fingerprint density at radius 3 is 3.00 bits per heavy atom. The maximum Gasteiger partial charge on any atom is 0.149 e. The van der Waals surface area contributed by atoms with Gasteiger partial charge in [0.2, 0.25) is 0 Å². The van der Waals surface area contributed by atoms with E-state index in [1.54, 1.807) is 6.07 Å². The van der Waals surface area contributed by atoms with Crippen molar-refractivity contribution in [3.8, 4) is 0 Å². The van der Waals surface area contributed by atoms with Crippen molar-refractivity contribution in [2.75, 3.05) is 24.1 Å². The average Bonchev–Trinajstić information content (AvgIpc) is 2.79. The summed E-state index contributed by atoms with van der Waals surface area (Å²) in [6, 6.07) is 5.01. The third-order valence-corrected chi connectivity index (χ3v) is 3.86. The first-order valence-electron chi connectivity index (χ1n) is 6.41. The maximum absolute atomic E-state index is 5.52. The monoisotopic (exact) mass is 233 g/mol. The van der Waals surface area contributed by atoms with Crippen LogP contribution in [0.15, 0.2) is 12.1 Å². The minimum atomic E-state index is 0.473. The zero-order valence-corrected chi connectivity index (χ0v) is 9.97. The van der Waals surface area contributed by atoms with E-state index in [1.165, 1.54) is 38.8 Å². The second kappa shape index (κ2) is 4.49. The van der Waals surface area contributed by atoms with Gasteiger partial charge in [-0.3, -0.25) is 0 Å². The summed E-state index contributed by atoms with van der Waals surface area (Å²) in [5.41, 5.74) is 5.52. The van der Waals surface area contributed by atoms with Crippen molar-refractivity contribution >= 4 is 11.6 Å². The lowest BCUT2D eigenvalue weighted by Gasteiger charge is -2.35. The molecule has 0 bridgehead atoms. The Morgan fingerprint density at radius 1 is 1.24 bits per heavy atom. The predicted molar refractivity (Wildman–Crippen MR) is 67.7 cm³/mol. The smallest absolute Gasteiger partial charge is 0.149 e. The summed E-state index contributed by atoms with van der Waals surface area (Å²) in [4.78, 5) is 2.62. The molecule has 0 aliphatic carbocycles. The zero-order valence-electron chi connectivity index (χ0n) is 9.97. The Balaban J connectivity index is 1.60. The highest BCUT2D eigenvalue weighted by atomic mass is 15.2. The molecule has 1 aromatic rings. The fraction of sp³-hybridized carbons (Fsp3) is 0.667. The highest BCUT2D eigenvalue weighted by molar-refractivity contribution is 5.39. The molecule has 2 aliphatic rings. The van der Waals surface area contributed by atoms with Crippen LogP contribution in [0.25, 0.3) is 0 Å². The van der Waals surface area contributed by atoms with Crippen LogP contribution in [0.4, 0.5) is 11.6 Å². The van der Waals surface area contributed by atoms with E-state index in [9.17, 15) is 0 Å². The van der Waals surface area contributed by atoms with E-state index in [0.29, 0.717) is 11.9 Å². The van der Waals surface area contributed by atoms with Crippen molar-refractivity contribution in [2.45, 2.75) is 37.8 Å². The first-order chi connectivity index (χ1) is 8.31. The van der Waals surface area contributed by atoms with Crippen molar-refractivity contribution in [3.05, 3.63) is 12.1 Å². The van der Waals surface area contributed by atoms with Crippen LogP contribution in [0.3, 0.4) is 0 Å². The first-order valence-corrected chi connectivity index (χ1v) is 6.41. The van der Waals surface area contributed by atoms with E-state index in [1.807, 2.05) is 6.07 Å². The van der Waals surface area contributed by atoms with Gasteiger partial charge in [-0.25, -0.2) is 0 Å². The van der Waals surface area contributed by atoms with Gasteiger partial charge in [0, 0.05) is 18.6 Å². The number of nitrogens with one attached hydrogen (secondary N) is 1.